The number of aromatic nitrogens is 1. The molecule has 244 valence electrons. The molecule has 0 amide bonds. The number of rotatable bonds is 5. The van der Waals surface area contributed by atoms with Crippen molar-refractivity contribution in [1.29, 1.82) is 0 Å². The van der Waals surface area contributed by atoms with Crippen LogP contribution in [0, 0.1) is 0 Å². The van der Waals surface area contributed by atoms with Crippen LogP contribution >= 0.6 is 7.14 Å². The molecule has 0 spiro atoms. The van der Waals surface area contributed by atoms with E-state index in [1.54, 1.807) is 0 Å². The predicted octanol–water partition coefficient (Wildman–Crippen LogP) is 11.8. The molecule has 3 heteroatoms. The zero-order valence-electron chi connectivity index (χ0n) is 28.3. The maximum Gasteiger partial charge on any atom is 0.171 e. The molecule has 10 rings (SSSR count). The summed E-state index contributed by atoms with van der Waals surface area (Å²) in [5.41, 5.74) is 6.70. The Morgan fingerprint density at radius 3 is 1.42 bits per heavy atom. The van der Waals surface area contributed by atoms with Crippen molar-refractivity contribution in [3.63, 3.8) is 0 Å². The molecule has 0 bridgehead atoms. The van der Waals surface area contributed by atoms with E-state index < -0.39 is 7.14 Å². The summed E-state index contributed by atoms with van der Waals surface area (Å²) < 4.78 is 15.2. The van der Waals surface area contributed by atoms with Crippen molar-refractivity contribution < 1.29 is 4.57 Å². The van der Waals surface area contributed by atoms with Gasteiger partial charge in [-0.3, -0.25) is 0 Å². The summed E-state index contributed by atoms with van der Waals surface area (Å²) in [6.07, 6.45) is 0. The van der Waals surface area contributed by atoms with Crippen molar-refractivity contribution >= 4 is 77.2 Å². The maximum absolute atomic E-state index is 15.2. The monoisotopic (exact) mass is 681 g/mol. The molecular formula is C49H32NOP. The van der Waals surface area contributed by atoms with E-state index in [1.165, 1.54) is 43.6 Å². The van der Waals surface area contributed by atoms with Gasteiger partial charge in [0.2, 0.25) is 0 Å². The van der Waals surface area contributed by atoms with Crippen LogP contribution in [0.1, 0.15) is 0 Å². The number of benzene rings is 9. The van der Waals surface area contributed by atoms with Gasteiger partial charge in [0.25, 0.3) is 0 Å². The Morgan fingerprint density at radius 2 is 0.827 bits per heavy atom. The Kier molecular flexibility index (Phi) is 7.13. The standard InChI is InChI=1S/C49H32NOP/c51-52(36-16-3-1-4-17-36,37-18-5-2-6-19-37)38-29-27-33(28-30-38)47-40-21-9-11-23-42(40)48(43-24-12-10-22-41(43)47)45-32-35-31-34-15-7-14-26-46(34)50-49(35)44-25-13-8-20-39(44)45/h1-32H. The van der Waals surface area contributed by atoms with E-state index in [2.05, 4.69) is 133 Å². The van der Waals surface area contributed by atoms with Crippen molar-refractivity contribution in [2.75, 3.05) is 0 Å². The minimum atomic E-state index is -3.10. The Morgan fingerprint density at radius 1 is 0.365 bits per heavy atom. The highest BCUT2D eigenvalue weighted by Gasteiger charge is 2.29. The minimum absolute atomic E-state index is 0.822. The first-order chi connectivity index (χ1) is 25.7. The van der Waals surface area contributed by atoms with E-state index in [4.69, 9.17) is 4.98 Å². The van der Waals surface area contributed by atoms with Gasteiger partial charge in [-0.2, -0.15) is 0 Å². The largest absolute Gasteiger partial charge is 0.309 e. The molecule has 2 nitrogen and oxygen atoms in total. The third-order valence-electron chi connectivity index (χ3n) is 10.5. The van der Waals surface area contributed by atoms with E-state index >= 15 is 4.57 Å². The van der Waals surface area contributed by atoms with Gasteiger partial charge in [0.1, 0.15) is 0 Å². The average Bonchev–Trinajstić information content (AvgIpc) is 3.22. The number of para-hydroxylation sites is 1. The Bertz CT molecular complexity index is 2930. The SMILES string of the molecule is O=P(c1ccccc1)(c1ccccc1)c1ccc(-c2c3ccccc3c(-c3cc4cc5ccccc5nc4c4ccccc34)c3ccccc23)cc1. The van der Waals surface area contributed by atoms with Crippen LogP contribution in [0.5, 0.6) is 0 Å². The fourth-order valence-corrected chi connectivity index (χ4v) is 10.8. The van der Waals surface area contributed by atoms with Crippen molar-refractivity contribution in [1.82, 2.24) is 4.98 Å². The van der Waals surface area contributed by atoms with Crippen LogP contribution in [0.4, 0.5) is 0 Å². The second kappa shape index (κ2) is 12.2. The minimum Gasteiger partial charge on any atom is -0.309 e. The molecule has 0 aliphatic rings. The Hall–Kier alpha value is -6.34. The van der Waals surface area contributed by atoms with E-state index in [0.29, 0.717) is 0 Å². The lowest BCUT2D eigenvalue weighted by atomic mass is 9.84. The zero-order chi connectivity index (χ0) is 34.6. The molecule has 52 heavy (non-hydrogen) atoms. The van der Waals surface area contributed by atoms with Crippen LogP contribution in [-0.2, 0) is 4.57 Å². The van der Waals surface area contributed by atoms with Crippen LogP contribution in [-0.4, -0.2) is 4.98 Å². The van der Waals surface area contributed by atoms with Gasteiger partial charge in [-0.25, -0.2) is 4.98 Å². The number of hydrogen-bond acceptors (Lipinski definition) is 2. The van der Waals surface area contributed by atoms with E-state index in [9.17, 15) is 0 Å². The molecule has 0 N–H and O–H groups in total. The molecule has 0 unspecified atom stereocenters. The fraction of sp³-hybridized carbons (Fsp3) is 0. The second-order valence-electron chi connectivity index (χ2n) is 13.4. The molecule has 0 fully saturated rings. The third-order valence-corrected chi connectivity index (χ3v) is 13.6. The number of pyridine rings is 1. The molecule has 0 atom stereocenters. The highest BCUT2D eigenvalue weighted by molar-refractivity contribution is 7.85. The lowest BCUT2D eigenvalue weighted by Gasteiger charge is -2.21. The Labute approximate surface area is 302 Å². The van der Waals surface area contributed by atoms with E-state index in [1.807, 2.05) is 60.7 Å². The first-order valence-corrected chi connectivity index (χ1v) is 19.4. The van der Waals surface area contributed by atoms with Crippen LogP contribution < -0.4 is 15.9 Å². The zero-order valence-corrected chi connectivity index (χ0v) is 29.2. The van der Waals surface area contributed by atoms with Crippen LogP contribution in [0.2, 0.25) is 0 Å². The quantitative estimate of drug-likeness (QED) is 0.103. The summed E-state index contributed by atoms with van der Waals surface area (Å²) in [4.78, 5) is 5.16. The molecule has 1 heterocycles. The maximum atomic E-state index is 15.2. The van der Waals surface area contributed by atoms with Gasteiger partial charge >= 0.3 is 0 Å². The van der Waals surface area contributed by atoms with Gasteiger partial charge in [-0.05, 0) is 67.4 Å². The van der Waals surface area contributed by atoms with Crippen LogP contribution in [0.15, 0.2) is 194 Å². The third kappa shape index (κ3) is 4.73. The lowest BCUT2D eigenvalue weighted by Crippen LogP contribution is -2.24. The molecule has 0 saturated heterocycles. The normalized spacial score (nSPS) is 11.9. The van der Waals surface area contributed by atoms with Crippen molar-refractivity contribution in [2.24, 2.45) is 0 Å². The highest BCUT2D eigenvalue weighted by atomic mass is 31.2. The summed E-state index contributed by atoms with van der Waals surface area (Å²) in [7, 11) is -3.10. The second-order valence-corrected chi connectivity index (χ2v) is 16.2. The van der Waals surface area contributed by atoms with Gasteiger partial charge in [0, 0.05) is 32.1 Å². The smallest absolute Gasteiger partial charge is 0.171 e. The van der Waals surface area contributed by atoms with Gasteiger partial charge < -0.3 is 4.57 Å². The lowest BCUT2D eigenvalue weighted by molar-refractivity contribution is 0.592. The molecule has 0 saturated carbocycles. The van der Waals surface area contributed by atoms with E-state index in [0.717, 1.165) is 48.7 Å². The summed E-state index contributed by atoms with van der Waals surface area (Å²) in [5, 5.41) is 11.8. The first-order valence-electron chi connectivity index (χ1n) is 17.7. The number of hydrogen-bond donors (Lipinski definition) is 0. The first kappa shape index (κ1) is 30.5. The summed E-state index contributed by atoms with van der Waals surface area (Å²) in [6.45, 7) is 0. The van der Waals surface area contributed by atoms with Crippen molar-refractivity contribution in [3.8, 4) is 22.3 Å². The average molecular weight is 682 g/mol. The molecule has 0 radical (unpaired) electrons. The van der Waals surface area contributed by atoms with Gasteiger partial charge in [-0.15, -0.1) is 0 Å². The highest BCUT2D eigenvalue weighted by Crippen LogP contribution is 2.47. The van der Waals surface area contributed by atoms with Crippen LogP contribution in [0.25, 0.3) is 76.4 Å². The Balaban J connectivity index is 1.22. The van der Waals surface area contributed by atoms with Gasteiger partial charge in [0.15, 0.2) is 7.14 Å². The molecule has 9 aromatic carbocycles. The summed E-state index contributed by atoms with van der Waals surface area (Å²) in [6, 6.07) is 67.4. The topological polar surface area (TPSA) is 30.0 Å². The van der Waals surface area contributed by atoms with Crippen LogP contribution in [0.3, 0.4) is 0 Å². The number of nitrogens with zero attached hydrogens (tertiary/aromatic N) is 1. The molecule has 10 aromatic rings. The number of fused-ring (bicyclic) bond motifs is 6. The van der Waals surface area contributed by atoms with E-state index in [-0.39, 0.29) is 0 Å². The molecule has 0 aliphatic heterocycles. The molecule has 0 aliphatic carbocycles. The predicted molar refractivity (Wildman–Crippen MR) is 222 cm³/mol. The van der Waals surface area contributed by atoms with Crippen molar-refractivity contribution in [2.45, 2.75) is 0 Å². The molecule has 1 aromatic heterocycles. The van der Waals surface area contributed by atoms with Crippen molar-refractivity contribution in [3.05, 3.63) is 194 Å². The van der Waals surface area contributed by atoms with Gasteiger partial charge in [-0.1, -0.05) is 176 Å². The summed E-state index contributed by atoms with van der Waals surface area (Å²) in [5.74, 6) is 0. The fourth-order valence-electron chi connectivity index (χ4n) is 8.11. The molecular weight excluding hydrogens is 650 g/mol. The van der Waals surface area contributed by atoms with Gasteiger partial charge in [0.05, 0.1) is 11.0 Å². The summed E-state index contributed by atoms with van der Waals surface area (Å²) >= 11 is 0.